The molecular weight excluding hydrogens is 172 g/mol. The molecule has 1 aromatic rings. The van der Waals surface area contributed by atoms with Crippen LogP contribution in [0.25, 0.3) is 0 Å². The van der Waals surface area contributed by atoms with E-state index in [0.717, 1.165) is 18.0 Å². The summed E-state index contributed by atoms with van der Waals surface area (Å²) >= 11 is 0. The Morgan fingerprint density at radius 2 is 2.14 bits per heavy atom. The SMILES string of the molecule is Cc1ccc(N)cc1[C@H](N)CC1CC1. The van der Waals surface area contributed by atoms with Gasteiger partial charge in [0.1, 0.15) is 0 Å². The highest BCUT2D eigenvalue weighted by Gasteiger charge is 2.24. The van der Waals surface area contributed by atoms with E-state index >= 15 is 0 Å². The standard InChI is InChI=1S/C12H18N2/c1-8-2-5-10(13)7-11(8)12(14)6-9-3-4-9/h2,5,7,9,12H,3-4,6,13-14H2,1H3/t12-/m1/s1. The number of nitrogens with two attached hydrogens (primary N) is 2. The Bertz CT molecular complexity index is 329. The maximum atomic E-state index is 6.15. The minimum absolute atomic E-state index is 0.172. The van der Waals surface area contributed by atoms with Crippen molar-refractivity contribution >= 4 is 5.69 Å². The average molecular weight is 190 g/mol. The van der Waals surface area contributed by atoms with Crippen LogP contribution in [-0.2, 0) is 0 Å². The van der Waals surface area contributed by atoms with E-state index in [4.69, 9.17) is 11.5 Å². The Morgan fingerprint density at radius 3 is 2.79 bits per heavy atom. The molecule has 0 heterocycles. The summed E-state index contributed by atoms with van der Waals surface area (Å²) in [6, 6.07) is 6.17. The molecule has 0 unspecified atom stereocenters. The molecule has 0 saturated heterocycles. The Balaban J connectivity index is 2.15. The zero-order valence-corrected chi connectivity index (χ0v) is 8.66. The van der Waals surface area contributed by atoms with E-state index < -0.39 is 0 Å². The molecule has 0 radical (unpaired) electrons. The number of benzene rings is 1. The van der Waals surface area contributed by atoms with Crippen LogP contribution in [0.15, 0.2) is 18.2 Å². The summed E-state index contributed by atoms with van der Waals surface area (Å²) in [6.07, 6.45) is 3.83. The van der Waals surface area contributed by atoms with E-state index in [1.807, 2.05) is 12.1 Å². The number of nitrogen functional groups attached to an aromatic ring is 1. The number of aryl methyl sites for hydroxylation is 1. The van der Waals surface area contributed by atoms with Gasteiger partial charge < -0.3 is 11.5 Å². The third-order valence-electron chi connectivity index (χ3n) is 2.99. The van der Waals surface area contributed by atoms with Crippen LogP contribution in [0.4, 0.5) is 5.69 Å². The minimum Gasteiger partial charge on any atom is -0.399 e. The molecule has 1 fully saturated rings. The van der Waals surface area contributed by atoms with Gasteiger partial charge in [0.2, 0.25) is 0 Å². The van der Waals surface area contributed by atoms with Crippen molar-refractivity contribution in [3.63, 3.8) is 0 Å². The van der Waals surface area contributed by atoms with Crippen molar-refractivity contribution in [2.24, 2.45) is 11.7 Å². The van der Waals surface area contributed by atoms with Gasteiger partial charge in [-0.3, -0.25) is 0 Å². The van der Waals surface area contributed by atoms with Crippen LogP contribution in [0, 0.1) is 12.8 Å². The second kappa shape index (κ2) is 3.62. The first-order chi connectivity index (χ1) is 6.66. The smallest absolute Gasteiger partial charge is 0.0317 e. The van der Waals surface area contributed by atoms with Gasteiger partial charge in [0, 0.05) is 11.7 Å². The molecule has 2 rings (SSSR count). The lowest BCUT2D eigenvalue weighted by molar-refractivity contribution is 0.594. The zero-order valence-electron chi connectivity index (χ0n) is 8.66. The van der Waals surface area contributed by atoms with Crippen molar-refractivity contribution in [3.8, 4) is 0 Å². The van der Waals surface area contributed by atoms with Gasteiger partial charge in [-0.25, -0.2) is 0 Å². The van der Waals surface area contributed by atoms with Gasteiger partial charge in [0.05, 0.1) is 0 Å². The van der Waals surface area contributed by atoms with Gasteiger partial charge in [-0.15, -0.1) is 0 Å². The number of rotatable bonds is 3. The van der Waals surface area contributed by atoms with Crippen molar-refractivity contribution in [3.05, 3.63) is 29.3 Å². The number of hydrogen-bond donors (Lipinski definition) is 2. The molecule has 76 valence electrons. The first kappa shape index (κ1) is 9.53. The molecule has 0 spiro atoms. The summed E-state index contributed by atoms with van der Waals surface area (Å²) in [5.41, 5.74) is 15.2. The average Bonchev–Trinajstić information content (AvgIpc) is 2.93. The summed E-state index contributed by atoms with van der Waals surface area (Å²) < 4.78 is 0. The van der Waals surface area contributed by atoms with Crippen molar-refractivity contribution in [2.75, 3.05) is 5.73 Å². The van der Waals surface area contributed by atoms with E-state index in [1.54, 1.807) is 0 Å². The molecule has 1 aromatic carbocycles. The van der Waals surface area contributed by atoms with Gasteiger partial charge in [-0.1, -0.05) is 18.9 Å². The largest absolute Gasteiger partial charge is 0.399 e. The predicted molar refractivity (Wildman–Crippen MR) is 59.9 cm³/mol. The highest BCUT2D eigenvalue weighted by molar-refractivity contribution is 5.45. The van der Waals surface area contributed by atoms with Gasteiger partial charge in [0.15, 0.2) is 0 Å². The highest BCUT2D eigenvalue weighted by Crippen LogP contribution is 2.37. The quantitative estimate of drug-likeness (QED) is 0.719. The molecule has 2 heteroatoms. The predicted octanol–water partition coefficient (Wildman–Crippen LogP) is 2.38. The maximum absolute atomic E-state index is 6.15. The molecule has 0 aliphatic heterocycles. The second-order valence-electron chi connectivity index (χ2n) is 4.40. The lowest BCUT2D eigenvalue weighted by atomic mass is 9.97. The van der Waals surface area contributed by atoms with Gasteiger partial charge in [-0.05, 0) is 42.5 Å². The molecule has 1 atom stereocenters. The summed E-state index contributed by atoms with van der Waals surface area (Å²) in [5, 5.41) is 0. The van der Waals surface area contributed by atoms with Crippen LogP contribution < -0.4 is 11.5 Å². The summed E-state index contributed by atoms with van der Waals surface area (Å²) in [4.78, 5) is 0. The van der Waals surface area contributed by atoms with Gasteiger partial charge >= 0.3 is 0 Å². The second-order valence-corrected chi connectivity index (χ2v) is 4.40. The summed E-state index contributed by atoms with van der Waals surface area (Å²) in [7, 11) is 0. The normalized spacial score (nSPS) is 18.1. The molecule has 0 aromatic heterocycles. The molecule has 14 heavy (non-hydrogen) atoms. The molecular formula is C12H18N2. The zero-order chi connectivity index (χ0) is 10.1. The summed E-state index contributed by atoms with van der Waals surface area (Å²) in [5.74, 6) is 0.867. The first-order valence-corrected chi connectivity index (χ1v) is 5.28. The first-order valence-electron chi connectivity index (χ1n) is 5.28. The third-order valence-corrected chi connectivity index (χ3v) is 2.99. The third kappa shape index (κ3) is 2.07. The molecule has 1 aliphatic rings. The van der Waals surface area contributed by atoms with Crippen LogP contribution in [0.3, 0.4) is 0 Å². The Morgan fingerprint density at radius 1 is 1.43 bits per heavy atom. The lowest BCUT2D eigenvalue weighted by Crippen LogP contribution is -2.12. The summed E-state index contributed by atoms with van der Waals surface area (Å²) in [6.45, 7) is 2.10. The van der Waals surface area contributed by atoms with E-state index in [1.165, 1.54) is 24.0 Å². The maximum Gasteiger partial charge on any atom is 0.0317 e. The fourth-order valence-corrected chi connectivity index (χ4v) is 1.90. The van der Waals surface area contributed by atoms with Gasteiger partial charge in [-0.2, -0.15) is 0 Å². The Hall–Kier alpha value is -1.02. The van der Waals surface area contributed by atoms with Gasteiger partial charge in [0.25, 0.3) is 0 Å². The number of hydrogen-bond acceptors (Lipinski definition) is 2. The molecule has 0 bridgehead atoms. The van der Waals surface area contributed by atoms with Crippen LogP contribution in [-0.4, -0.2) is 0 Å². The van der Waals surface area contributed by atoms with Crippen LogP contribution >= 0.6 is 0 Å². The minimum atomic E-state index is 0.172. The van der Waals surface area contributed by atoms with E-state index in [9.17, 15) is 0 Å². The van der Waals surface area contributed by atoms with Crippen molar-refractivity contribution in [2.45, 2.75) is 32.2 Å². The lowest BCUT2D eigenvalue weighted by Gasteiger charge is -2.14. The molecule has 1 saturated carbocycles. The Labute approximate surface area is 85.3 Å². The molecule has 2 nitrogen and oxygen atoms in total. The Kier molecular flexibility index (Phi) is 2.46. The molecule has 4 N–H and O–H groups in total. The fraction of sp³-hybridized carbons (Fsp3) is 0.500. The van der Waals surface area contributed by atoms with Crippen LogP contribution in [0.1, 0.15) is 36.4 Å². The highest BCUT2D eigenvalue weighted by atomic mass is 14.6. The molecule has 0 amide bonds. The van der Waals surface area contributed by atoms with E-state index in [-0.39, 0.29) is 6.04 Å². The molecule has 1 aliphatic carbocycles. The number of anilines is 1. The van der Waals surface area contributed by atoms with Crippen molar-refractivity contribution < 1.29 is 0 Å². The van der Waals surface area contributed by atoms with Crippen LogP contribution in [0.5, 0.6) is 0 Å². The van der Waals surface area contributed by atoms with Crippen molar-refractivity contribution in [1.29, 1.82) is 0 Å². The van der Waals surface area contributed by atoms with Crippen molar-refractivity contribution in [1.82, 2.24) is 0 Å². The fourth-order valence-electron chi connectivity index (χ4n) is 1.90. The monoisotopic (exact) mass is 190 g/mol. The topological polar surface area (TPSA) is 52.0 Å². The van der Waals surface area contributed by atoms with Crippen LogP contribution in [0.2, 0.25) is 0 Å². The van der Waals surface area contributed by atoms with E-state index in [2.05, 4.69) is 13.0 Å². The van der Waals surface area contributed by atoms with E-state index in [0.29, 0.717) is 0 Å².